The minimum absolute atomic E-state index is 0.489. The lowest BCUT2D eigenvalue weighted by Crippen LogP contribution is -2.00. The van der Waals surface area contributed by atoms with Crippen LogP contribution >= 0.6 is 23.1 Å². The van der Waals surface area contributed by atoms with Gasteiger partial charge in [0.2, 0.25) is 5.89 Å². The number of nitrogens with zero attached hydrogens (tertiary/aromatic N) is 4. The first-order chi connectivity index (χ1) is 11.7. The number of hydrogen-bond donors (Lipinski definition) is 0. The Bertz CT molecular complexity index is 854. The zero-order valence-electron chi connectivity index (χ0n) is 12.9. The first-order valence-electron chi connectivity index (χ1n) is 7.22. The molecule has 0 aliphatic heterocycles. The molecular formula is C16H14N4O2S2. The van der Waals surface area contributed by atoms with E-state index in [-0.39, 0.29) is 0 Å². The third kappa shape index (κ3) is 4.57. The summed E-state index contributed by atoms with van der Waals surface area (Å²) in [6, 6.07) is 9.16. The summed E-state index contributed by atoms with van der Waals surface area (Å²) in [7, 11) is 0. The van der Waals surface area contributed by atoms with E-state index in [0.29, 0.717) is 41.2 Å². The predicted octanol–water partition coefficient (Wildman–Crippen LogP) is 3.47. The second-order valence-electron chi connectivity index (χ2n) is 4.83. The molecule has 0 bridgehead atoms. The van der Waals surface area contributed by atoms with Gasteiger partial charge in [-0.1, -0.05) is 17.8 Å². The monoisotopic (exact) mass is 358 g/mol. The van der Waals surface area contributed by atoms with Gasteiger partial charge in [-0.25, -0.2) is 4.98 Å². The summed E-state index contributed by atoms with van der Waals surface area (Å²) in [5.74, 6) is 1.92. The van der Waals surface area contributed by atoms with E-state index in [1.807, 2.05) is 18.4 Å². The number of thioether (sulfide) groups is 1. The molecule has 0 spiro atoms. The lowest BCUT2D eigenvalue weighted by atomic mass is 10.2. The van der Waals surface area contributed by atoms with Gasteiger partial charge >= 0.3 is 0 Å². The fourth-order valence-electron chi connectivity index (χ4n) is 1.96. The molecule has 3 aromatic rings. The molecule has 2 heterocycles. The van der Waals surface area contributed by atoms with Crippen LogP contribution in [0.15, 0.2) is 39.3 Å². The summed E-state index contributed by atoms with van der Waals surface area (Å²) >= 11 is 3.04. The molecule has 0 aliphatic carbocycles. The number of rotatable bonds is 7. The molecule has 24 heavy (non-hydrogen) atoms. The van der Waals surface area contributed by atoms with Crippen LogP contribution in [0.1, 0.15) is 22.2 Å². The summed E-state index contributed by atoms with van der Waals surface area (Å²) in [6.07, 6.45) is 0.551. The minimum atomic E-state index is 0.489. The van der Waals surface area contributed by atoms with Crippen LogP contribution in [0.25, 0.3) is 0 Å². The molecule has 0 N–H and O–H groups in total. The molecule has 0 saturated heterocycles. The highest BCUT2D eigenvalue weighted by molar-refractivity contribution is 7.99. The van der Waals surface area contributed by atoms with Gasteiger partial charge in [-0.15, -0.1) is 21.5 Å². The zero-order chi connectivity index (χ0) is 16.8. The Morgan fingerprint density at radius 2 is 2.29 bits per heavy atom. The lowest BCUT2D eigenvalue weighted by Gasteiger charge is -2.04. The fourth-order valence-corrected chi connectivity index (χ4v) is 3.16. The number of hydrogen-bond acceptors (Lipinski definition) is 8. The van der Waals surface area contributed by atoms with Crippen LogP contribution < -0.4 is 4.74 Å². The molecular weight excluding hydrogens is 344 g/mol. The van der Waals surface area contributed by atoms with E-state index in [4.69, 9.17) is 14.4 Å². The van der Waals surface area contributed by atoms with E-state index in [2.05, 4.69) is 21.3 Å². The van der Waals surface area contributed by atoms with Crippen LogP contribution in [0.4, 0.5) is 0 Å². The van der Waals surface area contributed by atoms with Crippen molar-refractivity contribution in [3.63, 3.8) is 0 Å². The number of aromatic nitrogens is 3. The zero-order valence-corrected chi connectivity index (χ0v) is 14.6. The van der Waals surface area contributed by atoms with E-state index in [1.54, 1.807) is 29.5 Å². The second-order valence-corrected chi connectivity index (χ2v) is 6.94. The molecule has 0 aliphatic rings. The Hall–Kier alpha value is -2.37. The molecule has 0 atom stereocenters. The average molecular weight is 358 g/mol. The van der Waals surface area contributed by atoms with E-state index < -0.39 is 0 Å². The van der Waals surface area contributed by atoms with Crippen molar-refractivity contribution in [2.45, 2.75) is 18.6 Å². The van der Waals surface area contributed by atoms with Crippen LogP contribution in [0.2, 0.25) is 0 Å². The van der Waals surface area contributed by atoms with Gasteiger partial charge in [0, 0.05) is 11.1 Å². The third-order valence-corrected chi connectivity index (χ3v) is 4.59. The Morgan fingerprint density at radius 1 is 1.38 bits per heavy atom. The minimum Gasteiger partial charge on any atom is -0.493 e. The number of benzene rings is 1. The van der Waals surface area contributed by atoms with Crippen molar-refractivity contribution in [1.82, 2.24) is 15.2 Å². The molecule has 0 saturated carbocycles. The molecule has 1 aromatic carbocycles. The number of thiazole rings is 1. The average Bonchev–Trinajstić information content (AvgIpc) is 3.21. The molecule has 0 fully saturated rings. The van der Waals surface area contributed by atoms with Gasteiger partial charge in [0.15, 0.2) is 0 Å². The van der Waals surface area contributed by atoms with Crippen LogP contribution in [-0.2, 0) is 6.42 Å². The maximum atomic E-state index is 8.85. The Kier molecular flexibility index (Phi) is 5.46. The normalized spacial score (nSPS) is 10.5. The van der Waals surface area contributed by atoms with Gasteiger partial charge in [-0.3, -0.25) is 0 Å². The summed E-state index contributed by atoms with van der Waals surface area (Å²) in [5.41, 5.74) is 1.53. The van der Waals surface area contributed by atoms with E-state index in [0.717, 1.165) is 10.7 Å². The van der Waals surface area contributed by atoms with E-state index in [9.17, 15) is 0 Å². The van der Waals surface area contributed by atoms with Crippen molar-refractivity contribution in [2.75, 3.05) is 12.4 Å². The maximum absolute atomic E-state index is 8.85. The van der Waals surface area contributed by atoms with Gasteiger partial charge in [0.1, 0.15) is 5.75 Å². The number of ether oxygens (including phenoxy) is 1. The van der Waals surface area contributed by atoms with Gasteiger partial charge < -0.3 is 9.15 Å². The quantitative estimate of drug-likeness (QED) is 0.472. The smallest absolute Gasteiger partial charge is 0.276 e. The largest absolute Gasteiger partial charge is 0.493 e. The molecule has 0 radical (unpaired) electrons. The Morgan fingerprint density at radius 3 is 3.08 bits per heavy atom. The van der Waals surface area contributed by atoms with Crippen molar-refractivity contribution in [3.8, 4) is 11.8 Å². The van der Waals surface area contributed by atoms with Crippen LogP contribution in [0.5, 0.6) is 5.75 Å². The van der Waals surface area contributed by atoms with E-state index >= 15 is 0 Å². The van der Waals surface area contributed by atoms with Crippen LogP contribution in [-0.4, -0.2) is 27.5 Å². The molecule has 2 aromatic heterocycles. The Labute approximate surface area is 147 Å². The van der Waals surface area contributed by atoms with Crippen molar-refractivity contribution >= 4 is 23.1 Å². The summed E-state index contributed by atoms with van der Waals surface area (Å²) in [5, 5.41) is 20.4. The highest BCUT2D eigenvalue weighted by atomic mass is 32.2. The summed E-state index contributed by atoms with van der Waals surface area (Å²) in [4.78, 5) is 4.38. The molecule has 8 heteroatoms. The first kappa shape index (κ1) is 16.5. The van der Waals surface area contributed by atoms with Gasteiger partial charge in [-0.2, -0.15) is 5.26 Å². The summed E-state index contributed by atoms with van der Waals surface area (Å²) < 4.78 is 11.2. The predicted molar refractivity (Wildman–Crippen MR) is 91.3 cm³/mol. The number of nitriles is 1. The second kappa shape index (κ2) is 7.95. The molecule has 6 nitrogen and oxygen atoms in total. The van der Waals surface area contributed by atoms with Crippen molar-refractivity contribution in [3.05, 3.63) is 51.8 Å². The third-order valence-electron chi connectivity index (χ3n) is 2.99. The highest BCUT2D eigenvalue weighted by Gasteiger charge is 2.09. The van der Waals surface area contributed by atoms with Crippen molar-refractivity contribution in [1.29, 1.82) is 5.26 Å². The molecule has 3 rings (SSSR count). The van der Waals surface area contributed by atoms with Gasteiger partial charge in [-0.05, 0) is 25.1 Å². The summed E-state index contributed by atoms with van der Waals surface area (Å²) in [6.45, 7) is 2.46. The van der Waals surface area contributed by atoms with Gasteiger partial charge in [0.25, 0.3) is 5.22 Å². The SMILES string of the molecule is Cc1nc(Cc2nnc(SCCOc3cccc(C#N)c3)o2)cs1. The standard InChI is InChI=1S/C16H14N4O2S2/c1-11-18-13(10-24-11)8-15-19-20-16(22-15)23-6-5-21-14-4-2-3-12(7-14)9-17/h2-4,7,10H,5-6,8H2,1H3. The molecule has 122 valence electrons. The topological polar surface area (TPSA) is 84.8 Å². The first-order valence-corrected chi connectivity index (χ1v) is 9.08. The van der Waals surface area contributed by atoms with Crippen LogP contribution in [0, 0.1) is 18.3 Å². The van der Waals surface area contributed by atoms with Crippen molar-refractivity contribution in [2.24, 2.45) is 0 Å². The number of aryl methyl sites for hydroxylation is 1. The maximum Gasteiger partial charge on any atom is 0.276 e. The van der Waals surface area contributed by atoms with E-state index in [1.165, 1.54) is 11.8 Å². The van der Waals surface area contributed by atoms with Crippen LogP contribution in [0.3, 0.4) is 0 Å². The van der Waals surface area contributed by atoms with Crippen molar-refractivity contribution < 1.29 is 9.15 Å². The molecule has 0 amide bonds. The fraction of sp³-hybridized carbons (Fsp3) is 0.250. The van der Waals surface area contributed by atoms with Gasteiger partial charge in [0.05, 0.1) is 35.4 Å². The highest BCUT2D eigenvalue weighted by Crippen LogP contribution is 2.19. The lowest BCUT2D eigenvalue weighted by molar-refractivity contribution is 0.342. The Balaban J connectivity index is 1.44. The molecule has 0 unspecified atom stereocenters.